The maximum Gasteiger partial charge on any atom is 0.573 e. The van der Waals surface area contributed by atoms with E-state index in [0.29, 0.717) is 40.7 Å². The fourth-order valence-corrected chi connectivity index (χ4v) is 9.54. The molecule has 11 nitrogen and oxygen atoms in total. The molecule has 2 aliphatic rings. The number of nitrogens with zero attached hydrogens (tertiary/aromatic N) is 7. The Balaban J connectivity index is 0.000000183. The number of amides is 1. The molecule has 3 aromatic heterocycles. The predicted molar refractivity (Wildman–Crippen MR) is 274 cm³/mol. The van der Waals surface area contributed by atoms with Crippen LogP contribution in [0.1, 0.15) is 65.0 Å². The summed E-state index contributed by atoms with van der Waals surface area (Å²) in [7, 11) is 0. The molecule has 0 spiro atoms. The number of aromatic nitrogens is 4. The number of anilines is 5. The highest BCUT2D eigenvalue weighted by Crippen LogP contribution is 2.34. The van der Waals surface area contributed by atoms with Crippen LogP contribution in [-0.2, 0) is 19.1 Å². The zero-order valence-electron chi connectivity index (χ0n) is 40.1. The molecule has 0 atom stereocenters. The summed E-state index contributed by atoms with van der Waals surface area (Å²) in [4.78, 5) is 32.7. The molecule has 0 bridgehead atoms. The zero-order valence-corrected chi connectivity index (χ0v) is 40.9. The number of halogens is 8. The molecule has 2 fully saturated rings. The van der Waals surface area contributed by atoms with E-state index in [1.807, 2.05) is 43.3 Å². The van der Waals surface area contributed by atoms with E-state index >= 15 is 0 Å². The first-order chi connectivity index (χ1) is 35.6. The first-order valence-electron chi connectivity index (χ1n) is 24.2. The lowest BCUT2D eigenvalue weighted by atomic mass is 9.89. The third kappa shape index (κ3) is 12.6. The summed E-state index contributed by atoms with van der Waals surface area (Å²) in [6.07, 6.45) is -2.58. The van der Waals surface area contributed by atoms with Crippen molar-refractivity contribution in [1.82, 2.24) is 24.7 Å². The number of imidazole rings is 1. The van der Waals surface area contributed by atoms with E-state index in [0.717, 1.165) is 116 Å². The Labute approximate surface area is 427 Å². The van der Waals surface area contributed by atoms with Gasteiger partial charge in [0, 0.05) is 86.2 Å². The minimum absolute atomic E-state index is 0.200. The highest BCUT2D eigenvalue weighted by atomic mass is 35.5. The van der Waals surface area contributed by atoms with E-state index in [1.54, 1.807) is 53.1 Å². The van der Waals surface area contributed by atoms with Gasteiger partial charge in [0.2, 0.25) is 0 Å². The Bertz CT molecular complexity index is 3180. The molecule has 0 unspecified atom stereocenters. The van der Waals surface area contributed by atoms with Gasteiger partial charge in [-0.25, -0.2) is 19.3 Å². The van der Waals surface area contributed by atoms with Crippen molar-refractivity contribution in [3.05, 3.63) is 179 Å². The number of aryl methyl sites for hydroxylation is 1. The Morgan fingerprint density at radius 2 is 1.35 bits per heavy atom. The lowest BCUT2D eigenvalue weighted by Gasteiger charge is -2.34. The first kappa shape index (κ1) is 51.3. The van der Waals surface area contributed by atoms with Crippen molar-refractivity contribution in [2.75, 3.05) is 59.3 Å². The molecular formula is C55H51ClF7N9O2. The van der Waals surface area contributed by atoms with Crippen LogP contribution in [0.15, 0.2) is 140 Å². The maximum atomic E-state index is 13.5. The summed E-state index contributed by atoms with van der Waals surface area (Å²) in [6.45, 7) is 7.15. The number of ether oxygens (including phenoxy) is 1. The minimum Gasteiger partial charge on any atom is -0.406 e. The standard InChI is InChI=1S/C29H28ClF3N4O2.C26H23F4N5/c1-2-25-27(37-18-22(30)7-12-26(37)35-25)28(38)34-17-19-3-8-23(9-4-19)36-15-13-21(14-16-36)20-5-10-24(11-6-20)39-29(31,32)33;27-19-4-11-23-24(16-19)31-17-32-25(23)33-20-5-9-22(10-6-20)35-13-1-12-34(14-15-35)21-7-2-18(3-8-21)26(28,29)30/h3-12,18,21H,2,13-17H2,1H3,(H,34,38);2-11,16-17H,1,12-15H2,(H,31,32,33). The average Bonchev–Trinajstić information content (AvgIpc) is 3.57. The van der Waals surface area contributed by atoms with Gasteiger partial charge in [-0.1, -0.05) is 42.8 Å². The third-order valence-corrected chi connectivity index (χ3v) is 13.4. The molecule has 1 amide bonds. The number of hydrogen-bond donors (Lipinski definition) is 2. The fraction of sp³-hybridized carbons (Fsp3) is 0.273. The first-order valence-corrected chi connectivity index (χ1v) is 24.5. The third-order valence-electron chi connectivity index (χ3n) is 13.2. The molecule has 384 valence electrons. The van der Waals surface area contributed by atoms with Crippen LogP contribution in [0, 0.1) is 5.82 Å². The highest BCUT2D eigenvalue weighted by Gasteiger charge is 2.32. The van der Waals surface area contributed by atoms with Gasteiger partial charge in [-0.15, -0.1) is 13.2 Å². The van der Waals surface area contributed by atoms with Gasteiger partial charge in [-0.2, -0.15) is 13.2 Å². The molecule has 19 heteroatoms. The van der Waals surface area contributed by atoms with Gasteiger partial charge in [0.05, 0.1) is 21.8 Å². The number of carbonyl (C=O) groups is 1. The normalized spacial score (nSPS) is 14.6. The van der Waals surface area contributed by atoms with Gasteiger partial charge in [-0.3, -0.25) is 9.20 Å². The van der Waals surface area contributed by atoms with Gasteiger partial charge >= 0.3 is 12.5 Å². The quantitative estimate of drug-likeness (QED) is 0.123. The maximum absolute atomic E-state index is 13.5. The molecule has 0 saturated carbocycles. The van der Waals surface area contributed by atoms with Gasteiger partial charge in [-0.05, 0) is 140 Å². The van der Waals surface area contributed by atoms with Crippen LogP contribution in [0.5, 0.6) is 5.75 Å². The monoisotopic (exact) mass is 1040 g/mol. The summed E-state index contributed by atoms with van der Waals surface area (Å²) in [5.74, 6) is 0.142. The van der Waals surface area contributed by atoms with Crippen LogP contribution in [-0.4, -0.2) is 70.9 Å². The Hall–Kier alpha value is -7.60. The molecule has 0 aliphatic carbocycles. The predicted octanol–water partition coefficient (Wildman–Crippen LogP) is 13.0. The van der Waals surface area contributed by atoms with E-state index in [9.17, 15) is 35.5 Å². The van der Waals surface area contributed by atoms with Crippen molar-refractivity contribution in [3.8, 4) is 5.75 Å². The lowest BCUT2D eigenvalue weighted by Crippen LogP contribution is -2.32. The summed E-state index contributed by atoms with van der Waals surface area (Å²) in [6, 6.07) is 35.6. The van der Waals surface area contributed by atoms with Gasteiger partial charge in [0.25, 0.3) is 5.91 Å². The molecule has 2 aliphatic heterocycles. The van der Waals surface area contributed by atoms with Crippen molar-refractivity contribution in [2.24, 2.45) is 0 Å². The average molecular weight is 1040 g/mol. The molecule has 5 heterocycles. The molecule has 2 N–H and O–H groups in total. The van der Waals surface area contributed by atoms with Crippen molar-refractivity contribution < 1.29 is 40.3 Å². The van der Waals surface area contributed by atoms with Crippen molar-refractivity contribution in [3.63, 3.8) is 0 Å². The van der Waals surface area contributed by atoms with Gasteiger partial charge in [0.1, 0.15) is 35.1 Å². The second-order valence-corrected chi connectivity index (χ2v) is 18.4. The number of piperidine rings is 1. The van der Waals surface area contributed by atoms with Crippen LogP contribution in [0.25, 0.3) is 16.6 Å². The number of nitrogens with one attached hydrogen (secondary N) is 2. The highest BCUT2D eigenvalue weighted by molar-refractivity contribution is 6.30. The molecule has 10 rings (SSSR count). The van der Waals surface area contributed by atoms with E-state index in [1.165, 1.54) is 30.6 Å². The Kier molecular flexibility index (Phi) is 15.4. The molecule has 8 aromatic rings. The topological polar surface area (TPSA) is 103 Å². The summed E-state index contributed by atoms with van der Waals surface area (Å²) in [5.41, 5.74) is 7.62. The van der Waals surface area contributed by atoms with E-state index in [4.69, 9.17) is 11.6 Å². The fourth-order valence-electron chi connectivity index (χ4n) is 9.37. The largest absolute Gasteiger partial charge is 0.573 e. The van der Waals surface area contributed by atoms with Crippen molar-refractivity contribution in [2.45, 2.75) is 57.6 Å². The van der Waals surface area contributed by atoms with Gasteiger partial charge in [0.15, 0.2) is 0 Å². The second-order valence-electron chi connectivity index (χ2n) is 18.0. The SMILES string of the molecule is CCc1nc2ccc(Cl)cn2c1C(=O)NCc1ccc(N2CCC(c3ccc(OC(F)(F)F)cc3)CC2)cc1.Fc1ccc2c(Nc3ccc(N4CCCN(c5ccc(C(F)(F)F)cc5)CC4)cc3)ncnc2c1. The van der Waals surface area contributed by atoms with E-state index < -0.39 is 18.1 Å². The number of hydrogen-bond acceptors (Lipinski definition) is 9. The molecule has 74 heavy (non-hydrogen) atoms. The number of alkyl halides is 6. The molecular weight excluding hydrogens is 987 g/mol. The van der Waals surface area contributed by atoms with Crippen molar-refractivity contribution in [1.29, 1.82) is 0 Å². The molecule has 2 saturated heterocycles. The van der Waals surface area contributed by atoms with E-state index in [2.05, 4.69) is 57.2 Å². The summed E-state index contributed by atoms with van der Waals surface area (Å²) < 4.78 is 95.0. The van der Waals surface area contributed by atoms with Crippen LogP contribution < -0.4 is 30.1 Å². The zero-order chi connectivity index (χ0) is 52.0. The summed E-state index contributed by atoms with van der Waals surface area (Å²) in [5, 5.41) is 7.53. The van der Waals surface area contributed by atoms with Crippen molar-refractivity contribution >= 4 is 62.6 Å². The number of pyridine rings is 1. The minimum atomic E-state index is -4.68. The molecule has 5 aromatic carbocycles. The van der Waals surface area contributed by atoms with Gasteiger partial charge < -0.3 is 30.1 Å². The van der Waals surface area contributed by atoms with Crippen LogP contribution >= 0.6 is 11.6 Å². The van der Waals surface area contributed by atoms with Crippen LogP contribution in [0.3, 0.4) is 0 Å². The number of benzene rings is 5. The molecule has 0 radical (unpaired) electrons. The smallest absolute Gasteiger partial charge is 0.406 e. The number of rotatable bonds is 11. The Morgan fingerprint density at radius 1 is 0.730 bits per heavy atom. The van der Waals surface area contributed by atoms with Crippen LogP contribution in [0.2, 0.25) is 5.02 Å². The number of fused-ring (bicyclic) bond motifs is 2. The Morgan fingerprint density at radius 3 is 1.97 bits per heavy atom. The second kappa shape index (κ2) is 22.3. The number of carbonyl (C=O) groups excluding carboxylic acids is 1. The van der Waals surface area contributed by atoms with Crippen LogP contribution in [0.4, 0.5) is 59.3 Å². The van der Waals surface area contributed by atoms with E-state index in [-0.39, 0.29) is 23.4 Å². The summed E-state index contributed by atoms with van der Waals surface area (Å²) >= 11 is 6.14. The lowest BCUT2D eigenvalue weighted by molar-refractivity contribution is -0.274.